The van der Waals surface area contributed by atoms with Crippen molar-refractivity contribution in [3.63, 3.8) is 0 Å². The number of halogens is 1. The van der Waals surface area contributed by atoms with E-state index in [-0.39, 0.29) is 6.61 Å². The molecule has 0 saturated carbocycles. The molecule has 0 aromatic carbocycles. The van der Waals surface area contributed by atoms with Gasteiger partial charge in [0.1, 0.15) is 6.61 Å². The van der Waals surface area contributed by atoms with Crippen LogP contribution in [0.5, 0.6) is 0 Å². The fraction of sp³-hybridized carbons (Fsp3) is 0.167. The van der Waals surface area contributed by atoms with Gasteiger partial charge in [-0.25, -0.2) is 4.79 Å². The molecule has 9 heavy (non-hydrogen) atoms. The van der Waals surface area contributed by atoms with E-state index in [1.54, 1.807) is 0 Å². The molecule has 0 amide bonds. The quantitative estimate of drug-likeness (QED) is 0.326. The molecule has 0 rings (SSSR count). The number of hydrogen-bond acceptors (Lipinski definition) is 2. The summed E-state index contributed by atoms with van der Waals surface area (Å²) in [6, 6.07) is 0. The van der Waals surface area contributed by atoms with Gasteiger partial charge in [0, 0.05) is 0 Å². The molecule has 0 aliphatic rings. The first-order valence-electron chi connectivity index (χ1n) is 2.31. The van der Waals surface area contributed by atoms with Crippen LogP contribution in [0.3, 0.4) is 0 Å². The number of carbonyl (C=O) groups is 1. The zero-order valence-corrected chi connectivity index (χ0v) is 4.89. The van der Waals surface area contributed by atoms with Crippen molar-refractivity contribution in [1.29, 1.82) is 0 Å². The second kappa shape index (κ2) is 3.83. The van der Waals surface area contributed by atoms with Crippen molar-refractivity contribution in [2.24, 2.45) is 0 Å². The van der Waals surface area contributed by atoms with Crippen LogP contribution in [0.25, 0.3) is 0 Å². The first-order chi connectivity index (χ1) is 4.18. The zero-order chi connectivity index (χ0) is 7.28. The molecule has 3 heteroatoms. The lowest BCUT2D eigenvalue weighted by Crippen LogP contribution is -2.03. The molecule has 0 bridgehead atoms. The molecule has 0 radical (unpaired) electrons. The van der Waals surface area contributed by atoms with Crippen LogP contribution >= 0.6 is 0 Å². The Labute approximate surface area is 52.6 Å². The highest BCUT2D eigenvalue weighted by atomic mass is 19.1. The highest BCUT2D eigenvalue weighted by molar-refractivity contribution is 5.85. The third-order valence-electron chi connectivity index (χ3n) is 0.554. The fourth-order valence-electron chi connectivity index (χ4n) is 0.213. The van der Waals surface area contributed by atoms with Crippen LogP contribution in [0, 0.1) is 0 Å². The lowest BCUT2D eigenvalue weighted by atomic mass is 10.6. The Morgan fingerprint density at radius 2 is 2.33 bits per heavy atom. The lowest BCUT2D eigenvalue weighted by molar-refractivity contribution is -0.139. The second-order valence-corrected chi connectivity index (χ2v) is 1.29. The Bertz CT molecular complexity index is 140. The van der Waals surface area contributed by atoms with Crippen LogP contribution in [0.1, 0.15) is 0 Å². The molecule has 0 fully saturated rings. The van der Waals surface area contributed by atoms with E-state index in [0.29, 0.717) is 0 Å². The highest BCUT2D eigenvalue weighted by Gasteiger charge is 2.03. The number of ether oxygens (including phenoxy) is 1. The van der Waals surface area contributed by atoms with Crippen molar-refractivity contribution in [2.45, 2.75) is 0 Å². The summed E-state index contributed by atoms with van der Waals surface area (Å²) in [7, 11) is 0. The molecule has 0 aliphatic heterocycles. The van der Waals surface area contributed by atoms with Crippen molar-refractivity contribution in [1.82, 2.24) is 0 Å². The Morgan fingerprint density at radius 1 is 1.78 bits per heavy atom. The van der Waals surface area contributed by atoms with Crippen LogP contribution in [0.2, 0.25) is 0 Å². The predicted octanol–water partition coefficient (Wildman–Crippen LogP) is 1.20. The van der Waals surface area contributed by atoms with Crippen LogP contribution < -0.4 is 0 Å². The first-order valence-corrected chi connectivity index (χ1v) is 2.31. The Morgan fingerprint density at radius 3 is 2.67 bits per heavy atom. The number of esters is 1. The number of carbonyl (C=O) groups excluding carboxylic acids is 1. The first kappa shape index (κ1) is 7.88. The maximum atomic E-state index is 11.7. The van der Waals surface area contributed by atoms with Gasteiger partial charge < -0.3 is 4.74 Å². The summed E-state index contributed by atoms with van der Waals surface area (Å²) in [5.74, 6) is -2.12. The minimum Gasteiger partial charge on any atom is -0.456 e. The van der Waals surface area contributed by atoms with Gasteiger partial charge >= 0.3 is 5.97 Å². The van der Waals surface area contributed by atoms with E-state index in [1.807, 2.05) is 0 Å². The van der Waals surface area contributed by atoms with E-state index in [2.05, 4.69) is 17.9 Å². The SMILES string of the molecule is C=CCOC(=O)C(=C)F. The third-order valence-corrected chi connectivity index (χ3v) is 0.554. The molecule has 50 valence electrons. The molecular formula is C6H7FO2. The van der Waals surface area contributed by atoms with Crippen molar-refractivity contribution in [3.05, 3.63) is 25.1 Å². The summed E-state index contributed by atoms with van der Waals surface area (Å²) in [5.41, 5.74) is 0. The largest absolute Gasteiger partial charge is 0.456 e. The van der Waals surface area contributed by atoms with Crippen LogP contribution in [-0.2, 0) is 9.53 Å². The molecular weight excluding hydrogens is 123 g/mol. The van der Waals surface area contributed by atoms with Gasteiger partial charge in [-0.2, -0.15) is 4.39 Å². The van der Waals surface area contributed by atoms with Gasteiger partial charge in [-0.05, 0) is 0 Å². The average molecular weight is 130 g/mol. The molecule has 0 N–H and O–H groups in total. The van der Waals surface area contributed by atoms with E-state index in [0.717, 1.165) is 0 Å². The zero-order valence-electron chi connectivity index (χ0n) is 4.89. The maximum absolute atomic E-state index is 11.7. The van der Waals surface area contributed by atoms with E-state index in [9.17, 15) is 9.18 Å². The summed E-state index contributed by atoms with van der Waals surface area (Å²) in [4.78, 5) is 10.2. The smallest absolute Gasteiger partial charge is 0.366 e. The standard InChI is InChI=1S/C6H7FO2/c1-3-4-9-6(8)5(2)7/h3H,1-2,4H2. The van der Waals surface area contributed by atoms with E-state index in [4.69, 9.17) is 0 Å². The molecule has 0 unspecified atom stereocenters. The Kier molecular flexibility index (Phi) is 3.35. The molecule has 0 aliphatic carbocycles. The average Bonchev–Trinajstić information content (AvgIpc) is 1.82. The lowest BCUT2D eigenvalue weighted by Gasteiger charge is -1.95. The number of rotatable bonds is 3. The van der Waals surface area contributed by atoms with Gasteiger partial charge in [0.25, 0.3) is 0 Å². The van der Waals surface area contributed by atoms with Gasteiger partial charge in [0.2, 0.25) is 5.83 Å². The minimum absolute atomic E-state index is 0.0156. The Hall–Kier alpha value is -1.12. The molecule has 0 saturated heterocycles. The summed E-state index contributed by atoms with van der Waals surface area (Å²) < 4.78 is 15.9. The highest BCUT2D eigenvalue weighted by Crippen LogP contribution is 1.93. The molecule has 0 aromatic rings. The summed E-state index contributed by atoms with van der Waals surface area (Å²) in [6.07, 6.45) is 1.35. The van der Waals surface area contributed by atoms with Gasteiger partial charge in [-0.1, -0.05) is 19.2 Å². The summed E-state index contributed by atoms with van der Waals surface area (Å²) >= 11 is 0. The van der Waals surface area contributed by atoms with Crippen molar-refractivity contribution in [2.75, 3.05) is 6.61 Å². The predicted molar refractivity (Wildman–Crippen MR) is 31.4 cm³/mol. The minimum atomic E-state index is -1.09. The van der Waals surface area contributed by atoms with Crippen molar-refractivity contribution >= 4 is 5.97 Å². The topological polar surface area (TPSA) is 26.3 Å². The van der Waals surface area contributed by atoms with Gasteiger partial charge in [0.05, 0.1) is 0 Å². The normalized spacial score (nSPS) is 8.11. The van der Waals surface area contributed by atoms with Crippen molar-refractivity contribution in [3.8, 4) is 0 Å². The van der Waals surface area contributed by atoms with Crippen LogP contribution in [0.15, 0.2) is 25.1 Å². The van der Waals surface area contributed by atoms with E-state index < -0.39 is 11.8 Å². The Balaban J connectivity index is 3.51. The van der Waals surface area contributed by atoms with Crippen molar-refractivity contribution < 1.29 is 13.9 Å². The maximum Gasteiger partial charge on any atom is 0.366 e. The van der Waals surface area contributed by atoms with Gasteiger partial charge in [0.15, 0.2) is 0 Å². The monoisotopic (exact) mass is 130 g/mol. The van der Waals surface area contributed by atoms with E-state index >= 15 is 0 Å². The third kappa shape index (κ3) is 3.46. The van der Waals surface area contributed by atoms with Gasteiger partial charge in [-0.3, -0.25) is 0 Å². The van der Waals surface area contributed by atoms with E-state index in [1.165, 1.54) is 6.08 Å². The van der Waals surface area contributed by atoms with Crippen LogP contribution in [0.4, 0.5) is 4.39 Å². The molecule has 0 spiro atoms. The summed E-state index contributed by atoms with van der Waals surface area (Å²) in [5, 5.41) is 0. The molecule has 0 heterocycles. The van der Waals surface area contributed by atoms with Crippen LogP contribution in [-0.4, -0.2) is 12.6 Å². The molecule has 0 aromatic heterocycles. The summed E-state index contributed by atoms with van der Waals surface area (Å²) in [6.45, 7) is 6.01. The fourth-order valence-corrected chi connectivity index (χ4v) is 0.213. The molecule has 0 atom stereocenters. The van der Waals surface area contributed by atoms with Gasteiger partial charge in [-0.15, -0.1) is 0 Å². The molecule has 2 nitrogen and oxygen atoms in total. The second-order valence-electron chi connectivity index (χ2n) is 1.29. The number of hydrogen-bond donors (Lipinski definition) is 0.